The molecule has 0 saturated carbocycles. The molecule has 1 rings (SSSR count). The molecule has 0 radical (unpaired) electrons. The molecule has 0 bridgehead atoms. The molecule has 1 aliphatic heterocycles. The molecular formula is C12H22N2O2. The first-order valence-electron chi connectivity index (χ1n) is 5.89. The number of hydrogen-bond donors (Lipinski definition) is 1. The van der Waals surface area contributed by atoms with Crippen LogP contribution in [0.4, 0.5) is 0 Å². The van der Waals surface area contributed by atoms with E-state index in [-0.39, 0.29) is 6.42 Å². The van der Waals surface area contributed by atoms with E-state index in [1.165, 1.54) is 5.57 Å². The molecule has 16 heavy (non-hydrogen) atoms. The first-order chi connectivity index (χ1) is 7.58. The number of aliphatic carboxylic acids is 1. The molecular weight excluding hydrogens is 204 g/mol. The van der Waals surface area contributed by atoms with Crippen molar-refractivity contribution in [3.63, 3.8) is 0 Å². The van der Waals surface area contributed by atoms with Crippen molar-refractivity contribution in [2.75, 3.05) is 39.3 Å². The molecule has 1 saturated heterocycles. The number of carbonyl (C=O) groups is 1. The third-order valence-electron chi connectivity index (χ3n) is 2.82. The number of nitrogens with zero attached hydrogens (tertiary/aromatic N) is 2. The number of carboxylic acids is 1. The fourth-order valence-electron chi connectivity index (χ4n) is 2.04. The summed E-state index contributed by atoms with van der Waals surface area (Å²) in [6, 6.07) is 0. The van der Waals surface area contributed by atoms with Gasteiger partial charge < -0.3 is 10.0 Å². The van der Waals surface area contributed by atoms with Gasteiger partial charge in [-0.2, -0.15) is 0 Å². The molecule has 4 nitrogen and oxygen atoms in total. The van der Waals surface area contributed by atoms with Crippen molar-refractivity contribution in [3.05, 3.63) is 12.2 Å². The second-order valence-electron chi connectivity index (χ2n) is 4.57. The van der Waals surface area contributed by atoms with Gasteiger partial charge in [0, 0.05) is 26.2 Å². The minimum Gasteiger partial charge on any atom is -0.481 e. The molecule has 92 valence electrons. The molecule has 0 amide bonds. The van der Waals surface area contributed by atoms with Crippen LogP contribution in [0.1, 0.15) is 19.8 Å². The predicted molar refractivity (Wildman–Crippen MR) is 64.6 cm³/mol. The Morgan fingerprint density at radius 2 is 1.88 bits per heavy atom. The Balaban J connectivity index is 2.28. The fraction of sp³-hybridized carbons (Fsp3) is 0.750. The molecule has 0 aromatic heterocycles. The smallest absolute Gasteiger partial charge is 0.304 e. The molecule has 0 unspecified atom stereocenters. The monoisotopic (exact) mass is 226 g/mol. The van der Waals surface area contributed by atoms with E-state index in [1.807, 2.05) is 6.92 Å². The van der Waals surface area contributed by atoms with Crippen LogP contribution < -0.4 is 0 Å². The Hall–Kier alpha value is -0.870. The highest BCUT2D eigenvalue weighted by Crippen LogP contribution is 2.05. The van der Waals surface area contributed by atoms with E-state index in [0.29, 0.717) is 6.54 Å². The zero-order chi connectivity index (χ0) is 12.0. The zero-order valence-corrected chi connectivity index (χ0v) is 10.1. The summed E-state index contributed by atoms with van der Waals surface area (Å²) in [6.07, 6.45) is 1.37. The van der Waals surface area contributed by atoms with E-state index in [0.717, 1.165) is 39.1 Å². The molecule has 0 atom stereocenters. The number of hydrogen-bond acceptors (Lipinski definition) is 3. The van der Waals surface area contributed by atoms with Gasteiger partial charge in [0.05, 0.1) is 6.42 Å². The first kappa shape index (κ1) is 13.2. The quantitative estimate of drug-likeness (QED) is 0.712. The van der Waals surface area contributed by atoms with Gasteiger partial charge in [0.25, 0.3) is 0 Å². The van der Waals surface area contributed by atoms with Crippen LogP contribution in [0.25, 0.3) is 0 Å². The van der Waals surface area contributed by atoms with Crippen molar-refractivity contribution in [1.29, 1.82) is 0 Å². The van der Waals surface area contributed by atoms with Gasteiger partial charge in [0.1, 0.15) is 0 Å². The minimum atomic E-state index is -0.706. The summed E-state index contributed by atoms with van der Waals surface area (Å²) < 4.78 is 0. The number of carboxylic acid groups (broad SMARTS) is 1. The lowest BCUT2D eigenvalue weighted by Gasteiger charge is -2.21. The van der Waals surface area contributed by atoms with Crippen LogP contribution in [-0.4, -0.2) is 60.1 Å². The van der Waals surface area contributed by atoms with E-state index >= 15 is 0 Å². The summed E-state index contributed by atoms with van der Waals surface area (Å²) in [5.41, 5.74) is 1.19. The molecule has 1 fully saturated rings. The largest absolute Gasteiger partial charge is 0.481 e. The number of rotatable bonds is 5. The maximum atomic E-state index is 10.5. The summed E-state index contributed by atoms with van der Waals surface area (Å²) in [6.45, 7) is 11.7. The highest BCUT2D eigenvalue weighted by atomic mass is 16.4. The highest BCUT2D eigenvalue weighted by molar-refractivity contribution is 5.66. The van der Waals surface area contributed by atoms with Crippen LogP contribution >= 0.6 is 0 Å². The third-order valence-corrected chi connectivity index (χ3v) is 2.82. The van der Waals surface area contributed by atoms with E-state index in [2.05, 4.69) is 16.4 Å². The topological polar surface area (TPSA) is 43.8 Å². The molecule has 1 aliphatic rings. The second-order valence-corrected chi connectivity index (χ2v) is 4.57. The predicted octanol–water partition coefficient (Wildman–Crippen LogP) is 1.04. The van der Waals surface area contributed by atoms with Crippen molar-refractivity contribution in [3.8, 4) is 0 Å². The Bertz CT molecular complexity index is 253. The third kappa shape index (κ3) is 5.28. The van der Waals surface area contributed by atoms with Crippen molar-refractivity contribution in [1.82, 2.24) is 9.80 Å². The first-order valence-corrected chi connectivity index (χ1v) is 5.89. The van der Waals surface area contributed by atoms with Gasteiger partial charge in [-0.3, -0.25) is 9.69 Å². The maximum Gasteiger partial charge on any atom is 0.304 e. The molecule has 0 aliphatic carbocycles. The Morgan fingerprint density at radius 3 is 2.50 bits per heavy atom. The molecule has 0 aromatic rings. The average Bonchev–Trinajstić information content (AvgIpc) is 2.39. The zero-order valence-electron chi connectivity index (χ0n) is 10.1. The van der Waals surface area contributed by atoms with Crippen molar-refractivity contribution >= 4 is 5.97 Å². The normalized spacial score (nSPS) is 19.3. The van der Waals surface area contributed by atoms with E-state index in [4.69, 9.17) is 5.11 Å². The van der Waals surface area contributed by atoms with Gasteiger partial charge >= 0.3 is 5.97 Å². The van der Waals surface area contributed by atoms with Crippen LogP contribution in [0.15, 0.2) is 12.2 Å². The molecule has 1 N–H and O–H groups in total. The maximum absolute atomic E-state index is 10.5. The van der Waals surface area contributed by atoms with Crippen LogP contribution in [0.2, 0.25) is 0 Å². The highest BCUT2D eigenvalue weighted by Gasteiger charge is 2.14. The van der Waals surface area contributed by atoms with E-state index < -0.39 is 5.97 Å². The lowest BCUT2D eigenvalue weighted by molar-refractivity contribution is -0.137. The van der Waals surface area contributed by atoms with Crippen molar-refractivity contribution in [2.24, 2.45) is 0 Å². The van der Waals surface area contributed by atoms with Crippen LogP contribution in [0.5, 0.6) is 0 Å². The van der Waals surface area contributed by atoms with Gasteiger partial charge in [0.2, 0.25) is 0 Å². The Labute approximate surface area is 97.5 Å². The average molecular weight is 226 g/mol. The summed E-state index contributed by atoms with van der Waals surface area (Å²) in [4.78, 5) is 15.1. The molecule has 0 aromatic carbocycles. The van der Waals surface area contributed by atoms with Gasteiger partial charge in [0.15, 0.2) is 0 Å². The lowest BCUT2D eigenvalue weighted by atomic mass is 10.3. The Morgan fingerprint density at radius 1 is 1.25 bits per heavy atom. The van der Waals surface area contributed by atoms with Crippen LogP contribution in [0.3, 0.4) is 0 Å². The lowest BCUT2D eigenvalue weighted by Crippen LogP contribution is -2.32. The molecule has 0 spiro atoms. The molecule has 1 heterocycles. The SMILES string of the molecule is C=C(C)CN1CCCN(CCC(=O)O)CC1. The van der Waals surface area contributed by atoms with Crippen LogP contribution in [0, 0.1) is 0 Å². The minimum absolute atomic E-state index is 0.250. The van der Waals surface area contributed by atoms with Crippen molar-refractivity contribution in [2.45, 2.75) is 19.8 Å². The van der Waals surface area contributed by atoms with E-state index in [9.17, 15) is 4.79 Å². The summed E-state index contributed by atoms with van der Waals surface area (Å²) in [5, 5.41) is 8.64. The fourth-order valence-corrected chi connectivity index (χ4v) is 2.04. The summed E-state index contributed by atoms with van der Waals surface area (Å²) in [7, 11) is 0. The van der Waals surface area contributed by atoms with E-state index in [1.54, 1.807) is 0 Å². The van der Waals surface area contributed by atoms with Gasteiger partial charge in [-0.1, -0.05) is 12.2 Å². The second kappa shape index (κ2) is 6.66. The summed E-state index contributed by atoms with van der Waals surface area (Å²) in [5.74, 6) is -0.706. The standard InChI is InChI=1S/C12H22N2O2/c1-11(2)10-14-6-3-5-13(8-9-14)7-4-12(15)16/h1,3-10H2,2H3,(H,15,16). The summed E-state index contributed by atoms with van der Waals surface area (Å²) >= 11 is 0. The van der Waals surface area contributed by atoms with Crippen LogP contribution in [-0.2, 0) is 4.79 Å². The van der Waals surface area contributed by atoms with Gasteiger partial charge in [-0.05, 0) is 26.4 Å². The van der Waals surface area contributed by atoms with Gasteiger partial charge in [-0.25, -0.2) is 0 Å². The molecule has 4 heteroatoms. The van der Waals surface area contributed by atoms with Crippen molar-refractivity contribution < 1.29 is 9.90 Å². The van der Waals surface area contributed by atoms with Gasteiger partial charge in [-0.15, -0.1) is 0 Å². The Kier molecular flexibility index (Phi) is 5.49.